The molecule has 2 atom stereocenters. The highest BCUT2D eigenvalue weighted by atomic mass is 19.4. The highest BCUT2D eigenvalue weighted by Gasteiger charge is 2.58. The Hall–Kier alpha value is -0.540. The van der Waals surface area contributed by atoms with E-state index in [1.165, 1.54) is 7.05 Å². The number of alkyl halides is 6. The van der Waals surface area contributed by atoms with Crippen LogP contribution in [0.25, 0.3) is 0 Å². The summed E-state index contributed by atoms with van der Waals surface area (Å²) in [7, 11) is 1.46. The first-order valence-electron chi connectivity index (χ1n) is 5.66. The molecule has 1 rings (SSSR count). The van der Waals surface area contributed by atoms with Gasteiger partial charge in [0.05, 0.1) is 13.2 Å². The number of hydrogen-bond acceptors (Lipinski definition) is 3. The monoisotopic (exact) mass is 295 g/mol. The van der Waals surface area contributed by atoms with E-state index in [2.05, 4.69) is 10.1 Å². The van der Waals surface area contributed by atoms with Crippen LogP contribution in [-0.2, 0) is 9.47 Å². The number of rotatable bonds is 5. The summed E-state index contributed by atoms with van der Waals surface area (Å²) in [5.41, 5.74) is 0. The van der Waals surface area contributed by atoms with E-state index in [9.17, 15) is 26.3 Å². The molecule has 0 saturated carbocycles. The van der Waals surface area contributed by atoms with Gasteiger partial charge in [-0.3, -0.25) is 0 Å². The van der Waals surface area contributed by atoms with Gasteiger partial charge in [-0.25, -0.2) is 0 Å². The summed E-state index contributed by atoms with van der Waals surface area (Å²) in [5.74, 6) is -0.146. The number of likely N-dealkylation sites (N-methyl/N-ethyl adjacent to an activating group) is 1. The van der Waals surface area contributed by atoms with Crippen LogP contribution in [0.5, 0.6) is 0 Å². The summed E-state index contributed by atoms with van der Waals surface area (Å²) in [6, 6.07) is -0.602. The van der Waals surface area contributed by atoms with Gasteiger partial charge >= 0.3 is 12.4 Å². The van der Waals surface area contributed by atoms with Gasteiger partial charge < -0.3 is 14.8 Å². The van der Waals surface area contributed by atoms with Gasteiger partial charge in [-0.1, -0.05) is 0 Å². The molecule has 0 aromatic rings. The van der Waals surface area contributed by atoms with Crippen molar-refractivity contribution >= 4 is 0 Å². The smallest absolute Gasteiger partial charge is 0.381 e. The van der Waals surface area contributed by atoms with Crippen molar-refractivity contribution in [1.29, 1.82) is 0 Å². The number of ether oxygens (including phenoxy) is 2. The molecule has 0 radical (unpaired) electrons. The summed E-state index contributed by atoms with van der Waals surface area (Å²) in [5, 5.41) is 2.66. The van der Waals surface area contributed by atoms with E-state index in [4.69, 9.17) is 4.74 Å². The lowest BCUT2D eigenvalue weighted by Crippen LogP contribution is -2.48. The van der Waals surface area contributed by atoms with E-state index in [0.29, 0.717) is 19.6 Å². The third-order valence-corrected chi connectivity index (χ3v) is 2.94. The Bertz CT molecular complexity index is 260. The maximum Gasteiger partial charge on any atom is 0.423 e. The highest BCUT2D eigenvalue weighted by Crippen LogP contribution is 2.36. The van der Waals surface area contributed by atoms with Gasteiger partial charge in [-0.15, -0.1) is 0 Å². The Morgan fingerprint density at radius 3 is 2.16 bits per heavy atom. The molecule has 1 saturated heterocycles. The van der Waals surface area contributed by atoms with Gasteiger partial charge in [0.25, 0.3) is 0 Å². The van der Waals surface area contributed by atoms with Crippen LogP contribution in [0.15, 0.2) is 0 Å². The van der Waals surface area contributed by atoms with Crippen molar-refractivity contribution < 1.29 is 35.8 Å². The van der Waals surface area contributed by atoms with Crippen molar-refractivity contribution in [3.05, 3.63) is 0 Å². The van der Waals surface area contributed by atoms with Gasteiger partial charge in [-0.2, -0.15) is 26.3 Å². The van der Waals surface area contributed by atoms with Crippen molar-refractivity contribution in [2.75, 3.05) is 26.9 Å². The molecule has 0 amide bonds. The fourth-order valence-electron chi connectivity index (χ4n) is 1.90. The molecule has 1 fully saturated rings. The van der Waals surface area contributed by atoms with Crippen LogP contribution >= 0.6 is 0 Å². The SMILES string of the molecule is CNC(COC(C(F)(F)F)C(F)(F)F)C1CCOC1. The molecular weight excluding hydrogens is 280 g/mol. The normalized spacial score (nSPS) is 23.1. The Morgan fingerprint density at radius 2 is 1.79 bits per heavy atom. The second-order valence-corrected chi connectivity index (χ2v) is 4.32. The minimum absolute atomic E-state index is 0.146. The van der Waals surface area contributed by atoms with E-state index >= 15 is 0 Å². The Labute approximate surface area is 106 Å². The van der Waals surface area contributed by atoms with Gasteiger partial charge in [-0.05, 0) is 13.5 Å². The molecule has 1 aliphatic heterocycles. The van der Waals surface area contributed by atoms with Crippen molar-refractivity contribution in [3.8, 4) is 0 Å². The van der Waals surface area contributed by atoms with E-state index < -0.39 is 31.1 Å². The third kappa shape index (κ3) is 4.81. The topological polar surface area (TPSA) is 30.5 Å². The van der Waals surface area contributed by atoms with Crippen LogP contribution in [0.2, 0.25) is 0 Å². The Morgan fingerprint density at radius 1 is 1.21 bits per heavy atom. The van der Waals surface area contributed by atoms with E-state index in [0.717, 1.165) is 0 Å². The van der Waals surface area contributed by atoms with Crippen molar-refractivity contribution in [3.63, 3.8) is 0 Å². The molecule has 0 spiro atoms. The van der Waals surface area contributed by atoms with Crippen LogP contribution in [-0.4, -0.2) is 51.4 Å². The number of hydrogen-bond donors (Lipinski definition) is 1. The molecule has 1 N–H and O–H groups in total. The zero-order valence-corrected chi connectivity index (χ0v) is 10.1. The average molecular weight is 295 g/mol. The molecule has 1 aliphatic rings. The molecule has 114 valence electrons. The number of halogens is 6. The van der Waals surface area contributed by atoms with E-state index in [-0.39, 0.29) is 5.92 Å². The van der Waals surface area contributed by atoms with Crippen LogP contribution in [0, 0.1) is 5.92 Å². The maximum absolute atomic E-state index is 12.3. The molecule has 0 aromatic carbocycles. The fraction of sp³-hybridized carbons (Fsp3) is 1.00. The molecule has 0 aromatic heterocycles. The lowest BCUT2D eigenvalue weighted by atomic mass is 10.00. The molecule has 3 nitrogen and oxygen atoms in total. The first-order chi connectivity index (χ1) is 8.66. The molecule has 19 heavy (non-hydrogen) atoms. The average Bonchev–Trinajstić information content (AvgIpc) is 2.73. The van der Waals surface area contributed by atoms with Gasteiger partial charge in [0.1, 0.15) is 0 Å². The minimum atomic E-state index is -5.47. The zero-order valence-electron chi connectivity index (χ0n) is 10.1. The summed E-state index contributed by atoms with van der Waals surface area (Å²) >= 11 is 0. The van der Waals surface area contributed by atoms with Gasteiger partial charge in [0, 0.05) is 18.6 Å². The van der Waals surface area contributed by atoms with Crippen molar-refractivity contribution in [2.24, 2.45) is 5.92 Å². The maximum atomic E-state index is 12.3. The lowest BCUT2D eigenvalue weighted by Gasteiger charge is -2.27. The molecule has 9 heteroatoms. The number of nitrogens with one attached hydrogen (secondary N) is 1. The first-order valence-corrected chi connectivity index (χ1v) is 5.66. The van der Waals surface area contributed by atoms with Crippen LogP contribution in [0.3, 0.4) is 0 Å². The molecule has 2 unspecified atom stereocenters. The Kier molecular flexibility index (Phi) is 5.45. The quantitative estimate of drug-likeness (QED) is 0.788. The minimum Gasteiger partial charge on any atom is -0.381 e. The molecule has 0 bridgehead atoms. The second-order valence-electron chi connectivity index (χ2n) is 4.32. The lowest BCUT2D eigenvalue weighted by molar-refractivity contribution is -0.323. The molecular formula is C10H15F6NO2. The summed E-state index contributed by atoms with van der Waals surface area (Å²) in [6.45, 7) is 0.0800. The Balaban J connectivity index is 2.59. The molecule has 1 heterocycles. The summed E-state index contributed by atoms with van der Waals surface area (Å²) < 4.78 is 82.7. The van der Waals surface area contributed by atoms with Crippen LogP contribution < -0.4 is 5.32 Å². The highest BCUT2D eigenvalue weighted by molar-refractivity contribution is 4.81. The third-order valence-electron chi connectivity index (χ3n) is 2.94. The van der Waals surface area contributed by atoms with E-state index in [1.54, 1.807) is 0 Å². The van der Waals surface area contributed by atoms with Crippen molar-refractivity contribution in [2.45, 2.75) is 30.9 Å². The predicted octanol–water partition coefficient (Wildman–Crippen LogP) is 2.12. The first kappa shape index (κ1) is 16.5. The van der Waals surface area contributed by atoms with Crippen LogP contribution in [0.1, 0.15) is 6.42 Å². The second kappa shape index (κ2) is 6.27. The summed E-state index contributed by atoms with van der Waals surface area (Å²) in [6.07, 6.45) is -14.1. The zero-order chi connectivity index (χ0) is 14.7. The molecule has 0 aliphatic carbocycles. The van der Waals surface area contributed by atoms with Gasteiger partial charge in [0.15, 0.2) is 0 Å². The van der Waals surface area contributed by atoms with Gasteiger partial charge in [0.2, 0.25) is 6.10 Å². The largest absolute Gasteiger partial charge is 0.423 e. The predicted molar refractivity (Wildman–Crippen MR) is 53.6 cm³/mol. The summed E-state index contributed by atoms with van der Waals surface area (Å²) in [4.78, 5) is 0. The van der Waals surface area contributed by atoms with Crippen molar-refractivity contribution in [1.82, 2.24) is 5.32 Å². The van der Waals surface area contributed by atoms with E-state index in [1.807, 2.05) is 0 Å². The standard InChI is InChI=1S/C10H15F6NO2/c1-17-7(6-2-3-18-4-6)5-19-8(9(11,12)13)10(14,15)16/h6-8,17H,2-5H2,1H3. The van der Waals surface area contributed by atoms with Crippen LogP contribution in [0.4, 0.5) is 26.3 Å². The fourth-order valence-corrected chi connectivity index (χ4v) is 1.90.